The van der Waals surface area contributed by atoms with Crippen LogP contribution in [0.25, 0.3) is 0 Å². The summed E-state index contributed by atoms with van der Waals surface area (Å²) in [6, 6.07) is 9.03. The van der Waals surface area contributed by atoms with Gasteiger partial charge in [0, 0.05) is 30.0 Å². The summed E-state index contributed by atoms with van der Waals surface area (Å²) >= 11 is 0. The van der Waals surface area contributed by atoms with Gasteiger partial charge < -0.3 is 9.47 Å². The quantitative estimate of drug-likeness (QED) is 0.714. The molecule has 33 heavy (non-hydrogen) atoms. The van der Waals surface area contributed by atoms with Crippen LogP contribution < -0.4 is 20.0 Å². The Morgan fingerprint density at radius 2 is 1.76 bits per heavy atom. The number of hydrogen-bond acceptors (Lipinski definition) is 6. The minimum Gasteiger partial charge on any atom is -0.493 e. The largest absolute Gasteiger partial charge is 0.493 e. The van der Waals surface area contributed by atoms with Gasteiger partial charge >= 0.3 is 0 Å². The van der Waals surface area contributed by atoms with Crippen LogP contribution in [0.15, 0.2) is 40.3 Å². The van der Waals surface area contributed by atoms with Crippen molar-refractivity contribution in [2.45, 2.75) is 45.4 Å². The molecule has 0 bridgehead atoms. The number of aromatic nitrogens is 1. The maximum atomic E-state index is 13.5. The molecule has 1 amide bonds. The van der Waals surface area contributed by atoms with Crippen molar-refractivity contribution < 1.29 is 19.1 Å². The first-order valence-corrected chi connectivity index (χ1v) is 10.8. The van der Waals surface area contributed by atoms with E-state index in [1.165, 1.54) is 16.8 Å². The molecule has 170 valence electrons. The van der Waals surface area contributed by atoms with Gasteiger partial charge in [-0.1, -0.05) is 6.07 Å². The molecule has 0 saturated carbocycles. The van der Waals surface area contributed by atoms with E-state index in [-0.39, 0.29) is 23.7 Å². The van der Waals surface area contributed by atoms with Crippen molar-refractivity contribution in [1.82, 2.24) is 4.68 Å². The number of nitrogens with zero attached hydrogens (tertiary/aromatic N) is 3. The summed E-state index contributed by atoms with van der Waals surface area (Å²) in [5, 5.41) is 10.8. The van der Waals surface area contributed by atoms with Crippen LogP contribution >= 0.6 is 0 Å². The maximum Gasteiger partial charge on any atom is 0.288 e. The van der Waals surface area contributed by atoms with E-state index in [0.717, 1.165) is 5.56 Å². The van der Waals surface area contributed by atoms with E-state index in [1.54, 1.807) is 39.2 Å². The first kappa shape index (κ1) is 22.3. The van der Waals surface area contributed by atoms with E-state index in [2.05, 4.69) is 0 Å². The smallest absolute Gasteiger partial charge is 0.288 e. The molecule has 0 spiro atoms. The molecule has 0 N–H and O–H groups in total. The number of ether oxygens (including phenoxy) is 2. The lowest BCUT2D eigenvalue weighted by Gasteiger charge is -2.39. The average Bonchev–Trinajstić information content (AvgIpc) is 2.79. The first-order chi connectivity index (χ1) is 15.8. The second kappa shape index (κ2) is 8.58. The highest BCUT2D eigenvalue weighted by Gasteiger charge is 2.41. The first-order valence-electron chi connectivity index (χ1n) is 10.8. The van der Waals surface area contributed by atoms with Gasteiger partial charge in [-0.3, -0.25) is 14.4 Å². The predicted octanol–water partition coefficient (Wildman–Crippen LogP) is 3.01. The SMILES string of the molecule is COc1ccc([C@H]2CC(=O)N(n3c(C)cc(C)c(C#N)c3=O)C3=C2C(=O)CCC3)cc1OC. The van der Waals surface area contributed by atoms with Crippen molar-refractivity contribution in [3.05, 3.63) is 68.3 Å². The molecule has 0 fully saturated rings. The molecule has 8 nitrogen and oxygen atoms in total. The van der Waals surface area contributed by atoms with Crippen molar-refractivity contribution in [2.24, 2.45) is 0 Å². The molecule has 0 radical (unpaired) electrons. The molecule has 1 aliphatic carbocycles. The summed E-state index contributed by atoms with van der Waals surface area (Å²) in [6.07, 6.45) is 1.47. The number of hydrogen-bond donors (Lipinski definition) is 0. The minimum absolute atomic E-state index is 0.0142. The summed E-state index contributed by atoms with van der Waals surface area (Å²) in [6.45, 7) is 3.41. The molecule has 1 aliphatic heterocycles. The van der Waals surface area contributed by atoms with Crippen molar-refractivity contribution in [3.8, 4) is 17.6 Å². The van der Waals surface area contributed by atoms with Gasteiger partial charge in [0.15, 0.2) is 17.3 Å². The van der Waals surface area contributed by atoms with Crippen molar-refractivity contribution in [3.63, 3.8) is 0 Å². The average molecular weight is 447 g/mol. The van der Waals surface area contributed by atoms with Crippen LogP contribution in [0.4, 0.5) is 0 Å². The van der Waals surface area contributed by atoms with E-state index < -0.39 is 11.5 Å². The number of benzene rings is 1. The van der Waals surface area contributed by atoms with E-state index in [9.17, 15) is 19.6 Å². The topological polar surface area (TPSA) is 102 Å². The van der Waals surface area contributed by atoms with Crippen molar-refractivity contribution in [1.29, 1.82) is 5.26 Å². The third-order valence-corrected chi connectivity index (χ3v) is 6.33. The summed E-state index contributed by atoms with van der Waals surface area (Å²) in [5.41, 5.74) is 2.35. The number of nitriles is 1. The zero-order valence-corrected chi connectivity index (χ0v) is 19.1. The van der Waals surface area contributed by atoms with E-state index >= 15 is 0 Å². The number of carbonyl (C=O) groups excluding carboxylic acids is 2. The molecule has 4 rings (SSSR count). The lowest BCUT2D eigenvalue weighted by Crippen LogP contribution is -2.52. The second-order valence-corrected chi connectivity index (χ2v) is 8.29. The minimum atomic E-state index is -0.558. The van der Waals surface area contributed by atoms with Gasteiger partial charge in [-0.15, -0.1) is 0 Å². The highest BCUT2D eigenvalue weighted by Crippen LogP contribution is 2.43. The Labute approximate surface area is 191 Å². The molecule has 2 aliphatic rings. The summed E-state index contributed by atoms with van der Waals surface area (Å²) < 4.78 is 12.0. The number of pyridine rings is 1. The van der Waals surface area contributed by atoms with Gasteiger partial charge in [-0.25, -0.2) is 9.69 Å². The zero-order chi connectivity index (χ0) is 23.9. The Hall–Kier alpha value is -3.86. The standard InChI is InChI=1S/C25H25N3O5/c1-14-10-15(2)27(25(31)18(14)13-26)28-19-6-5-7-20(29)24(19)17(12-23(28)30)16-8-9-21(32-3)22(11-16)33-4/h8-11,17H,5-7,12H2,1-4H3/t17-/m1/s1. The van der Waals surface area contributed by atoms with Gasteiger partial charge in [-0.05, 0) is 56.0 Å². The van der Waals surface area contributed by atoms with E-state index in [1.807, 2.05) is 12.1 Å². The van der Waals surface area contributed by atoms with Crippen molar-refractivity contribution >= 4 is 11.7 Å². The number of rotatable bonds is 4. The van der Waals surface area contributed by atoms with Crippen LogP contribution in [0.3, 0.4) is 0 Å². The highest BCUT2D eigenvalue weighted by molar-refractivity contribution is 6.04. The molecule has 2 heterocycles. The Kier molecular flexibility index (Phi) is 5.81. The molecule has 1 aromatic heterocycles. The Bertz CT molecular complexity index is 1300. The Balaban J connectivity index is 1.93. The monoisotopic (exact) mass is 447 g/mol. The number of allylic oxidation sites excluding steroid dienone is 2. The fourth-order valence-corrected chi connectivity index (χ4v) is 4.83. The Morgan fingerprint density at radius 1 is 1.03 bits per heavy atom. The number of methoxy groups -OCH3 is 2. The zero-order valence-electron chi connectivity index (χ0n) is 19.1. The molecule has 1 aromatic carbocycles. The van der Waals surface area contributed by atoms with Gasteiger partial charge in [0.2, 0.25) is 5.91 Å². The number of amides is 1. The fourth-order valence-electron chi connectivity index (χ4n) is 4.83. The van der Waals surface area contributed by atoms with Crippen LogP contribution in [0.1, 0.15) is 54.0 Å². The van der Waals surface area contributed by atoms with E-state index in [0.29, 0.717) is 53.3 Å². The maximum absolute atomic E-state index is 13.5. The lowest BCUT2D eigenvalue weighted by molar-refractivity contribution is -0.121. The molecule has 1 atom stereocenters. The molecule has 2 aromatic rings. The summed E-state index contributed by atoms with van der Waals surface area (Å²) in [4.78, 5) is 39.8. The van der Waals surface area contributed by atoms with Gasteiger partial charge in [-0.2, -0.15) is 5.26 Å². The summed E-state index contributed by atoms with van der Waals surface area (Å²) in [5.74, 6) is 0.279. The van der Waals surface area contributed by atoms with Gasteiger partial charge in [0.25, 0.3) is 5.56 Å². The third kappa shape index (κ3) is 3.59. The number of ketones is 1. The Morgan fingerprint density at radius 3 is 2.42 bits per heavy atom. The summed E-state index contributed by atoms with van der Waals surface area (Å²) in [7, 11) is 3.08. The highest BCUT2D eigenvalue weighted by atomic mass is 16.5. The molecular formula is C25H25N3O5. The number of Topliss-reactive ketones (excluding diaryl/α,β-unsaturated/α-hetero) is 1. The van der Waals surface area contributed by atoms with Crippen LogP contribution in [-0.4, -0.2) is 30.6 Å². The van der Waals surface area contributed by atoms with Crippen LogP contribution in [0, 0.1) is 25.2 Å². The molecule has 0 saturated heterocycles. The fraction of sp³-hybridized carbons (Fsp3) is 0.360. The number of aryl methyl sites for hydroxylation is 2. The normalized spacial score (nSPS) is 18.2. The lowest BCUT2D eigenvalue weighted by atomic mass is 9.77. The van der Waals surface area contributed by atoms with Crippen LogP contribution in [-0.2, 0) is 9.59 Å². The van der Waals surface area contributed by atoms with Gasteiger partial charge in [0.1, 0.15) is 11.6 Å². The van der Waals surface area contributed by atoms with Crippen LogP contribution in [0.2, 0.25) is 0 Å². The molecule has 8 heteroatoms. The van der Waals surface area contributed by atoms with Crippen LogP contribution in [0.5, 0.6) is 11.5 Å². The molecule has 0 unspecified atom stereocenters. The van der Waals surface area contributed by atoms with Crippen molar-refractivity contribution in [2.75, 3.05) is 19.2 Å². The predicted molar refractivity (Wildman–Crippen MR) is 121 cm³/mol. The molecular weight excluding hydrogens is 422 g/mol. The third-order valence-electron chi connectivity index (χ3n) is 6.33. The second-order valence-electron chi connectivity index (χ2n) is 8.29. The van der Waals surface area contributed by atoms with E-state index in [4.69, 9.17) is 9.47 Å². The van der Waals surface area contributed by atoms with Gasteiger partial charge in [0.05, 0.1) is 19.9 Å². The number of carbonyl (C=O) groups is 2.